The topological polar surface area (TPSA) is 40.9 Å². The number of carbonyl (C=O) groups excluding carboxylic acids is 1. The van der Waals surface area contributed by atoms with E-state index in [0.717, 1.165) is 32.1 Å². The van der Waals surface area contributed by atoms with Crippen molar-refractivity contribution in [3.63, 3.8) is 0 Å². The van der Waals surface area contributed by atoms with Gasteiger partial charge in [-0.25, -0.2) is 0 Å². The minimum Gasteiger partial charge on any atom is -0.297 e. The first kappa shape index (κ1) is 11.2. The first-order chi connectivity index (χ1) is 6.48. The smallest absolute Gasteiger partial charge is 0.158 e. The molecule has 0 aromatic heterocycles. The van der Waals surface area contributed by atoms with Crippen LogP contribution in [-0.2, 0) is 4.79 Å². The maximum Gasteiger partial charge on any atom is 0.158 e. The van der Waals surface area contributed by atoms with Gasteiger partial charge in [-0.3, -0.25) is 4.79 Å². The highest BCUT2D eigenvalue weighted by Crippen LogP contribution is 2.48. The molecule has 1 saturated carbocycles. The third-order valence-electron chi connectivity index (χ3n) is 3.40. The normalized spacial score (nSPS) is 30.3. The molecule has 0 amide bonds. The van der Waals surface area contributed by atoms with Crippen LogP contribution in [0.1, 0.15) is 52.9 Å². The van der Waals surface area contributed by atoms with Crippen LogP contribution in [0.3, 0.4) is 0 Å². The Kier molecular flexibility index (Phi) is 2.99. The molecule has 0 N–H and O–H groups in total. The molecule has 0 aromatic carbocycles. The SMILES string of the molecule is CCCCC1(C#N)CCC(C)(C)C1=O. The van der Waals surface area contributed by atoms with Crippen LogP contribution in [0.25, 0.3) is 0 Å². The predicted molar refractivity (Wildman–Crippen MR) is 55.6 cm³/mol. The van der Waals surface area contributed by atoms with Crippen molar-refractivity contribution in [1.82, 2.24) is 0 Å². The molecule has 1 unspecified atom stereocenters. The number of hydrogen-bond acceptors (Lipinski definition) is 2. The lowest BCUT2D eigenvalue weighted by Crippen LogP contribution is -2.31. The first-order valence-corrected chi connectivity index (χ1v) is 5.45. The summed E-state index contributed by atoms with van der Waals surface area (Å²) in [5.74, 6) is 0.168. The van der Waals surface area contributed by atoms with Gasteiger partial charge in [0.25, 0.3) is 0 Å². The van der Waals surface area contributed by atoms with E-state index < -0.39 is 5.41 Å². The van der Waals surface area contributed by atoms with Crippen LogP contribution in [0.4, 0.5) is 0 Å². The average Bonchev–Trinajstić information content (AvgIpc) is 2.39. The summed E-state index contributed by atoms with van der Waals surface area (Å²) < 4.78 is 0. The maximum absolute atomic E-state index is 12.1. The van der Waals surface area contributed by atoms with Crippen molar-refractivity contribution in [2.75, 3.05) is 0 Å². The third-order valence-corrected chi connectivity index (χ3v) is 3.40. The Balaban J connectivity index is 2.84. The Hall–Kier alpha value is -0.840. The van der Waals surface area contributed by atoms with Crippen molar-refractivity contribution in [2.45, 2.75) is 52.9 Å². The third kappa shape index (κ3) is 1.68. The van der Waals surface area contributed by atoms with Gasteiger partial charge in [-0.15, -0.1) is 0 Å². The van der Waals surface area contributed by atoms with Gasteiger partial charge in [0.15, 0.2) is 5.78 Å². The number of nitriles is 1. The lowest BCUT2D eigenvalue weighted by atomic mass is 9.78. The summed E-state index contributed by atoms with van der Waals surface area (Å²) >= 11 is 0. The zero-order valence-electron chi connectivity index (χ0n) is 9.39. The summed E-state index contributed by atoms with van der Waals surface area (Å²) in [6.45, 7) is 6.01. The number of Topliss-reactive ketones (excluding diaryl/α,β-unsaturated/α-hetero) is 1. The summed E-state index contributed by atoms with van der Waals surface area (Å²) in [5.41, 5.74) is -0.928. The van der Waals surface area contributed by atoms with Crippen LogP contribution in [0.2, 0.25) is 0 Å². The molecule has 1 aliphatic rings. The molecule has 0 heterocycles. The van der Waals surface area contributed by atoms with Crippen molar-refractivity contribution in [2.24, 2.45) is 10.8 Å². The zero-order valence-corrected chi connectivity index (χ0v) is 9.39. The maximum atomic E-state index is 12.1. The molecule has 1 aliphatic carbocycles. The van der Waals surface area contributed by atoms with Crippen LogP contribution in [-0.4, -0.2) is 5.78 Å². The van der Waals surface area contributed by atoms with E-state index in [4.69, 9.17) is 0 Å². The molecule has 78 valence electrons. The molecule has 2 heteroatoms. The van der Waals surface area contributed by atoms with Crippen LogP contribution in [0.15, 0.2) is 0 Å². The van der Waals surface area contributed by atoms with Gasteiger partial charge < -0.3 is 0 Å². The van der Waals surface area contributed by atoms with Crippen molar-refractivity contribution in [3.05, 3.63) is 0 Å². The monoisotopic (exact) mass is 193 g/mol. The molecule has 1 fully saturated rings. The molecular weight excluding hydrogens is 174 g/mol. The second kappa shape index (κ2) is 3.73. The molecule has 0 aromatic rings. The summed E-state index contributed by atoms with van der Waals surface area (Å²) in [6, 6.07) is 2.27. The minimum atomic E-state index is -0.653. The van der Waals surface area contributed by atoms with E-state index in [-0.39, 0.29) is 11.2 Å². The minimum absolute atomic E-state index is 0.168. The van der Waals surface area contributed by atoms with E-state index in [9.17, 15) is 10.1 Å². The average molecular weight is 193 g/mol. The van der Waals surface area contributed by atoms with E-state index in [0.29, 0.717) is 0 Å². The fourth-order valence-corrected chi connectivity index (χ4v) is 2.28. The largest absolute Gasteiger partial charge is 0.297 e. The van der Waals surface area contributed by atoms with Gasteiger partial charge in [0.1, 0.15) is 5.41 Å². The van der Waals surface area contributed by atoms with Gasteiger partial charge in [-0.05, 0) is 19.3 Å². The second-order valence-electron chi connectivity index (χ2n) is 5.01. The van der Waals surface area contributed by atoms with Gasteiger partial charge in [-0.1, -0.05) is 33.6 Å². The van der Waals surface area contributed by atoms with E-state index in [2.05, 4.69) is 13.0 Å². The van der Waals surface area contributed by atoms with Crippen LogP contribution >= 0.6 is 0 Å². The molecule has 2 nitrogen and oxygen atoms in total. The summed E-state index contributed by atoms with van der Waals surface area (Å²) in [5, 5.41) is 9.17. The van der Waals surface area contributed by atoms with Crippen LogP contribution in [0, 0.1) is 22.2 Å². The molecule has 0 saturated heterocycles. The molecule has 0 aliphatic heterocycles. The van der Waals surface area contributed by atoms with Crippen molar-refractivity contribution >= 4 is 5.78 Å². The Morgan fingerprint density at radius 2 is 2.07 bits per heavy atom. The number of unbranched alkanes of at least 4 members (excludes halogenated alkanes) is 1. The molecule has 0 bridgehead atoms. The van der Waals surface area contributed by atoms with E-state index in [1.807, 2.05) is 13.8 Å². The van der Waals surface area contributed by atoms with Crippen molar-refractivity contribution in [3.8, 4) is 6.07 Å². The summed E-state index contributed by atoms with van der Waals surface area (Å²) in [7, 11) is 0. The Morgan fingerprint density at radius 3 is 2.43 bits per heavy atom. The van der Waals surface area contributed by atoms with Crippen LogP contribution < -0.4 is 0 Å². The number of hydrogen-bond donors (Lipinski definition) is 0. The Labute approximate surface area is 86.3 Å². The molecule has 14 heavy (non-hydrogen) atoms. The molecule has 0 spiro atoms. The summed E-state index contributed by atoms with van der Waals surface area (Å²) in [4.78, 5) is 12.1. The fourth-order valence-electron chi connectivity index (χ4n) is 2.28. The highest BCUT2D eigenvalue weighted by molar-refractivity contribution is 5.94. The number of rotatable bonds is 3. The lowest BCUT2D eigenvalue weighted by Gasteiger charge is -2.21. The number of carbonyl (C=O) groups is 1. The van der Waals surface area contributed by atoms with Gasteiger partial charge in [0, 0.05) is 5.41 Å². The molecule has 1 atom stereocenters. The highest BCUT2D eigenvalue weighted by Gasteiger charge is 2.51. The van der Waals surface area contributed by atoms with Crippen molar-refractivity contribution in [1.29, 1.82) is 5.26 Å². The molecule has 0 radical (unpaired) electrons. The highest BCUT2D eigenvalue weighted by atomic mass is 16.1. The quantitative estimate of drug-likeness (QED) is 0.691. The fraction of sp³-hybridized carbons (Fsp3) is 0.833. The van der Waals surface area contributed by atoms with Gasteiger partial charge in [0.05, 0.1) is 6.07 Å². The zero-order chi connectivity index (χ0) is 10.8. The summed E-state index contributed by atoms with van der Waals surface area (Å²) in [6.07, 6.45) is 4.41. The van der Waals surface area contributed by atoms with Gasteiger partial charge >= 0.3 is 0 Å². The van der Waals surface area contributed by atoms with Crippen LogP contribution in [0.5, 0.6) is 0 Å². The number of nitrogens with zero attached hydrogens (tertiary/aromatic N) is 1. The Morgan fingerprint density at radius 1 is 1.43 bits per heavy atom. The van der Waals surface area contributed by atoms with E-state index in [1.165, 1.54) is 0 Å². The number of ketones is 1. The molecular formula is C12H19NO. The van der Waals surface area contributed by atoms with Gasteiger partial charge in [0.2, 0.25) is 0 Å². The predicted octanol–water partition coefficient (Wildman–Crippen LogP) is 3.08. The van der Waals surface area contributed by atoms with Gasteiger partial charge in [-0.2, -0.15) is 5.26 Å². The lowest BCUT2D eigenvalue weighted by molar-refractivity contribution is -0.130. The standard InChI is InChI=1S/C12H19NO/c1-4-5-6-12(9-13)8-7-11(2,3)10(12)14/h4-8H2,1-3H3. The second-order valence-corrected chi connectivity index (χ2v) is 5.01. The molecule has 1 rings (SSSR count). The van der Waals surface area contributed by atoms with E-state index in [1.54, 1.807) is 0 Å². The first-order valence-electron chi connectivity index (χ1n) is 5.45. The van der Waals surface area contributed by atoms with Crippen molar-refractivity contribution < 1.29 is 4.79 Å². The Bertz CT molecular complexity index is 275. The van der Waals surface area contributed by atoms with E-state index >= 15 is 0 Å².